The molecule has 0 aliphatic rings. The zero-order valence-electron chi connectivity index (χ0n) is 15.9. The third-order valence-corrected chi connectivity index (χ3v) is 3.76. The number of amides is 1. The van der Waals surface area contributed by atoms with Crippen molar-refractivity contribution in [3.05, 3.63) is 53.1 Å². The molecule has 6 nitrogen and oxygen atoms in total. The Morgan fingerprint density at radius 3 is 2.41 bits per heavy atom. The molecule has 27 heavy (non-hydrogen) atoms. The van der Waals surface area contributed by atoms with E-state index in [0.29, 0.717) is 31.3 Å². The van der Waals surface area contributed by atoms with Crippen molar-refractivity contribution in [3.8, 4) is 23.3 Å². The molecule has 142 valence electrons. The monoisotopic (exact) mass is 368 g/mol. The number of hydrogen-bond donors (Lipinski definition) is 1. The molecule has 0 fully saturated rings. The van der Waals surface area contributed by atoms with Gasteiger partial charge in [-0.1, -0.05) is 12.1 Å². The number of aryl methyl sites for hydroxylation is 2. The summed E-state index contributed by atoms with van der Waals surface area (Å²) in [6, 6.07) is 13.3. The summed E-state index contributed by atoms with van der Waals surface area (Å²) < 4.78 is 16.9. The predicted molar refractivity (Wildman–Crippen MR) is 102 cm³/mol. The summed E-state index contributed by atoms with van der Waals surface area (Å²) in [6.07, 6.45) is -0.157. The van der Waals surface area contributed by atoms with Gasteiger partial charge in [-0.25, -0.2) is 0 Å². The predicted octanol–water partition coefficient (Wildman–Crippen LogP) is 3.30. The van der Waals surface area contributed by atoms with Crippen LogP contribution in [0, 0.1) is 25.2 Å². The molecule has 0 bridgehead atoms. The van der Waals surface area contributed by atoms with Crippen molar-refractivity contribution >= 4 is 5.91 Å². The molecule has 0 atom stereocenters. The Bertz CT molecular complexity index is 807. The van der Waals surface area contributed by atoms with Gasteiger partial charge in [0.25, 0.3) is 0 Å². The van der Waals surface area contributed by atoms with E-state index >= 15 is 0 Å². The maximum atomic E-state index is 11.4. The van der Waals surface area contributed by atoms with Gasteiger partial charge >= 0.3 is 0 Å². The van der Waals surface area contributed by atoms with Crippen LogP contribution in [0.3, 0.4) is 0 Å². The normalized spacial score (nSPS) is 10.0. The van der Waals surface area contributed by atoms with E-state index in [1.807, 2.05) is 44.2 Å². The van der Waals surface area contributed by atoms with E-state index in [9.17, 15) is 4.79 Å². The average Bonchev–Trinajstić information content (AvgIpc) is 2.63. The molecule has 0 unspecified atom stereocenters. The van der Waals surface area contributed by atoms with Gasteiger partial charge in [0, 0.05) is 6.54 Å². The van der Waals surface area contributed by atoms with Gasteiger partial charge < -0.3 is 19.5 Å². The Morgan fingerprint density at radius 2 is 1.74 bits per heavy atom. The van der Waals surface area contributed by atoms with Crippen LogP contribution in [-0.2, 0) is 11.3 Å². The van der Waals surface area contributed by atoms with Crippen molar-refractivity contribution in [2.75, 3.05) is 20.3 Å². The Kier molecular flexibility index (Phi) is 7.50. The number of nitrogens with zero attached hydrogens (tertiary/aromatic N) is 1. The van der Waals surface area contributed by atoms with Crippen LogP contribution in [-0.4, -0.2) is 26.2 Å². The maximum absolute atomic E-state index is 11.4. The minimum Gasteiger partial charge on any atom is -0.493 e. The van der Waals surface area contributed by atoms with Gasteiger partial charge in [0.05, 0.1) is 13.2 Å². The lowest BCUT2D eigenvalue weighted by molar-refractivity contribution is -0.120. The summed E-state index contributed by atoms with van der Waals surface area (Å²) in [5.41, 5.74) is 3.16. The third-order valence-electron chi connectivity index (χ3n) is 3.76. The van der Waals surface area contributed by atoms with Crippen LogP contribution in [0.25, 0.3) is 0 Å². The Balaban J connectivity index is 1.91. The van der Waals surface area contributed by atoms with E-state index in [0.717, 1.165) is 22.4 Å². The number of rotatable bonds is 9. The molecule has 0 aromatic heterocycles. The smallest absolute Gasteiger partial charge is 0.234 e. The number of carbonyl (C=O) groups excluding carboxylic acids is 1. The maximum Gasteiger partial charge on any atom is 0.234 e. The molecule has 0 aliphatic heterocycles. The molecule has 0 saturated heterocycles. The largest absolute Gasteiger partial charge is 0.493 e. The molecular formula is C21H24N2O4. The van der Waals surface area contributed by atoms with Gasteiger partial charge in [-0.2, -0.15) is 5.26 Å². The molecule has 0 heterocycles. The van der Waals surface area contributed by atoms with Gasteiger partial charge in [-0.3, -0.25) is 4.79 Å². The van der Waals surface area contributed by atoms with Crippen molar-refractivity contribution in [2.24, 2.45) is 0 Å². The van der Waals surface area contributed by atoms with Gasteiger partial charge in [0.15, 0.2) is 11.5 Å². The molecule has 2 aromatic carbocycles. The van der Waals surface area contributed by atoms with Crippen LogP contribution >= 0.6 is 0 Å². The Labute approximate surface area is 159 Å². The van der Waals surface area contributed by atoms with Gasteiger partial charge in [0.2, 0.25) is 5.91 Å². The summed E-state index contributed by atoms with van der Waals surface area (Å²) in [5, 5.41) is 11.2. The third kappa shape index (κ3) is 6.55. The summed E-state index contributed by atoms with van der Waals surface area (Å²) in [4.78, 5) is 11.4. The molecule has 2 aromatic rings. The zero-order valence-corrected chi connectivity index (χ0v) is 15.9. The second-order valence-electron chi connectivity index (χ2n) is 6.12. The molecule has 0 spiro atoms. The number of ether oxygens (including phenoxy) is 3. The van der Waals surface area contributed by atoms with E-state index < -0.39 is 0 Å². The Morgan fingerprint density at radius 1 is 1.04 bits per heavy atom. The number of nitriles is 1. The number of hydrogen-bond acceptors (Lipinski definition) is 5. The summed E-state index contributed by atoms with van der Waals surface area (Å²) in [6.45, 7) is 5.13. The lowest BCUT2D eigenvalue weighted by atomic mass is 10.1. The Hall–Kier alpha value is -3.20. The van der Waals surface area contributed by atoms with Crippen LogP contribution in [0.1, 0.15) is 23.1 Å². The first-order valence-electron chi connectivity index (χ1n) is 8.66. The minimum atomic E-state index is -0.308. The lowest BCUT2D eigenvalue weighted by Gasteiger charge is -2.13. The van der Waals surface area contributed by atoms with Crippen LogP contribution < -0.4 is 19.5 Å². The van der Waals surface area contributed by atoms with Crippen molar-refractivity contribution in [2.45, 2.75) is 26.8 Å². The molecule has 1 N–H and O–H groups in total. The number of methoxy groups -OCH3 is 1. The van der Waals surface area contributed by atoms with Crippen LogP contribution in [0.4, 0.5) is 0 Å². The lowest BCUT2D eigenvalue weighted by Crippen LogP contribution is -2.21. The van der Waals surface area contributed by atoms with E-state index in [4.69, 9.17) is 19.5 Å². The first kappa shape index (κ1) is 20.1. The van der Waals surface area contributed by atoms with Crippen LogP contribution in [0.15, 0.2) is 36.4 Å². The summed E-state index contributed by atoms with van der Waals surface area (Å²) in [5.74, 6) is 1.69. The molecule has 1 amide bonds. The molecule has 0 saturated carbocycles. The van der Waals surface area contributed by atoms with E-state index in [2.05, 4.69) is 11.4 Å². The first-order chi connectivity index (χ1) is 13.0. The van der Waals surface area contributed by atoms with Crippen LogP contribution in [0.5, 0.6) is 17.2 Å². The molecule has 2 rings (SSSR count). The highest BCUT2D eigenvalue weighted by Gasteiger charge is 2.08. The minimum absolute atomic E-state index is 0.157. The standard InChI is InChI=1S/C21H24N2O4/c1-15-10-16(2)12-18(11-15)26-8-9-27-20-13-17(4-5-19(20)25-3)14-23-21(24)6-7-22/h4-5,10-13H,6,8-9,14H2,1-3H3,(H,23,24). The second-order valence-corrected chi connectivity index (χ2v) is 6.12. The number of carbonyl (C=O) groups is 1. The van der Waals surface area contributed by atoms with Crippen molar-refractivity contribution in [3.63, 3.8) is 0 Å². The number of benzene rings is 2. The number of nitrogens with one attached hydrogen (secondary N) is 1. The fourth-order valence-electron chi connectivity index (χ4n) is 2.61. The molecular weight excluding hydrogens is 344 g/mol. The zero-order chi connectivity index (χ0) is 19.6. The van der Waals surface area contributed by atoms with Crippen molar-refractivity contribution in [1.82, 2.24) is 5.32 Å². The van der Waals surface area contributed by atoms with E-state index in [1.54, 1.807) is 13.2 Å². The van der Waals surface area contributed by atoms with Crippen LogP contribution in [0.2, 0.25) is 0 Å². The quantitative estimate of drug-likeness (QED) is 0.687. The molecule has 6 heteroatoms. The molecule has 0 aliphatic carbocycles. The molecule has 0 radical (unpaired) electrons. The highest BCUT2D eigenvalue weighted by molar-refractivity contribution is 5.77. The highest BCUT2D eigenvalue weighted by Crippen LogP contribution is 2.28. The van der Waals surface area contributed by atoms with Crippen molar-refractivity contribution in [1.29, 1.82) is 5.26 Å². The first-order valence-corrected chi connectivity index (χ1v) is 8.66. The fourth-order valence-corrected chi connectivity index (χ4v) is 2.61. The summed E-state index contributed by atoms with van der Waals surface area (Å²) in [7, 11) is 1.57. The SMILES string of the molecule is COc1ccc(CNC(=O)CC#N)cc1OCCOc1cc(C)cc(C)c1. The fraction of sp³-hybridized carbons (Fsp3) is 0.333. The van der Waals surface area contributed by atoms with Gasteiger partial charge in [-0.15, -0.1) is 0 Å². The average molecular weight is 368 g/mol. The second kappa shape index (κ2) is 10.1. The van der Waals surface area contributed by atoms with E-state index in [-0.39, 0.29) is 12.3 Å². The van der Waals surface area contributed by atoms with Crippen molar-refractivity contribution < 1.29 is 19.0 Å². The van der Waals surface area contributed by atoms with Gasteiger partial charge in [-0.05, 0) is 54.8 Å². The van der Waals surface area contributed by atoms with Gasteiger partial charge in [0.1, 0.15) is 25.4 Å². The highest BCUT2D eigenvalue weighted by atomic mass is 16.5. The topological polar surface area (TPSA) is 80.6 Å². The summed E-state index contributed by atoms with van der Waals surface area (Å²) >= 11 is 0. The van der Waals surface area contributed by atoms with E-state index in [1.165, 1.54) is 0 Å².